The van der Waals surface area contributed by atoms with Gasteiger partial charge in [0.05, 0.1) is 0 Å². The van der Waals surface area contributed by atoms with E-state index in [0.717, 1.165) is 6.42 Å². The molecule has 0 aliphatic carbocycles. The van der Waals surface area contributed by atoms with E-state index >= 15 is 0 Å². The van der Waals surface area contributed by atoms with Crippen LogP contribution in [0.3, 0.4) is 0 Å². The fourth-order valence-electron chi connectivity index (χ4n) is 1.42. The Bertz CT molecular complexity index is 452. The van der Waals surface area contributed by atoms with Crippen LogP contribution in [0, 0.1) is 0 Å². The van der Waals surface area contributed by atoms with Crippen LogP contribution in [0.4, 0.5) is 5.95 Å². The lowest BCUT2D eigenvalue weighted by Crippen LogP contribution is -2.04. The Morgan fingerprint density at radius 1 is 1.00 bits per heavy atom. The van der Waals surface area contributed by atoms with Crippen molar-refractivity contribution in [1.29, 1.82) is 0 Å². The Labute approximate surface area is 98.5 Å². The van der Waals surface area contributed by atoms with E-state index in [1.54, 1.807) is 0 Å². The number of hydrogen-bond donors (Lipinski definition) is 1. The molecule has 1 aromatic carbocycles. The van der Waals surface area contributed by atoms with Gasteiger partial charge in [-0.25, -0.2) is 4.98 Å². The van der Waals surface area contributed by atoms with Gasteiger partial charge in [-0.3, -0.25) is 0 Å². The van der Waals surface area contributed by atoms with E-state index in [1.807, 2.05) is 18.2 Å². The highest BCUT2D eigenvalue weighted by molar-refractivity contribution is 6.28. The number of nitrogen functional groups attached to an aromatic ring is 1. The maximum atomic E-state index is 5.69. The second kappa shape index (κ2) is 4.90. The van der Waals surface area contributed by atoms with Crippen molar-refractivity contribution >= 4 is 17.5 Å². The summed E-state index contributed by atoms with van der Waals surface area (Å²) in [6.45, 7) is 0. The molecule has 4 nitrogen and oxygen atoms in total. The molecule has 16 heavy (non-hydrogen) atoms. The van der Waals surface area contributed by atoms with Crippen molar-refractivity contribution in [1.82, 2.24) is 15.0 Å². The maximum absolute atomic E-state index is 5.69. The van der Waals surface area contributed by atoms with Crippen molar-refractivity contribution in [3.63, 3.8) is 0 Å². The lowest BCUT2D eigenvalue weighted by Gasteiger charge is -2.01. The summed E-state index contributed by atoms with van der Waals surface area (Å²) in [5.41, 5.74) is 6.72. The molecule has 0 bridgehead atoms. The molecular weight excluding hydrogens is 224 g/mol. The van der Waals surface area contributed by atoms with Gasteiger partial charge in [0.15, 0.2) is 0 Å². The molecule has 0 atom stereocenters. The van der Waals surface area contributed by atoms with E-state index in [9.17, 15) is 0 Å². The molecule has 2 N–H and O–H groups in total. The summed E-state index contributed by atoms with van der Waals surface area (Å²) in [7, 11) is 0. The number of aromatic nitrogens is 3. The van der Waals surface area contributed by atoms with Crippen LogP contribution in [0.25, 0.3) is 0 Å². The first-order chi connectivity index (χ1) is 7.74. The van der Waals surface area contributed by atoms with Crippen molar-refractivity contribution in [2.24, 2.45) is 0 Å². The molecule has 2 rings (SSSR count). The molecule has 2 aromatic rings. The number of aryl methyl sites for hydroxylation is 2. The van der Waals surface area contributed by atoms with Crippen LogP contribution in [0.1, 0.15) is 11.4 Å². The van der Waals surface area contributed by atoms with Crippen molar-refractivity contribution in [3.8, 4) is 0 Å². The first-order valence-electron chi connectivity index (χ1n) is 4.94. The Kier molecular flexibility index (Phi) is 3.31. The summed E-state index contributed by atoms with van der Waals surface area (Å²) in [6, 6.07) is 10.1. The van der Waals surface area contributed by atoms with E-state index in [1.165, 1.54) is 5.56 Å². The van der Waals surface area contributed by atoms with Crippen LogP contribution >= 0.6 is 11.6 Å². The first-order valence-corrected chi connectivity index (χ1v) is 5.32. The number of halogens is 1. The Morgan fingerprint density at radius 3 is 2.44 bits per heavy atom. The van der Waals surface area contributed by atoms with Crippen LogP contribution in [0.15, 0.2) is 30.3 Å². The normalized spacial score (nSPS) is 10.3. The van der Waals surface area contributed by atoms with Gasteiger partial charge in [0.2, 0.25) is 11.2 Å². The molecule has 1 aromatic heterocycles. The number of anilines is 1. The SMILES string of the molecule is Nc1nc(Cl)nc(CCc2ccccc2)n1. The summed E-state index contributed by atoms with van der Waals surface area (Å²) in [6.07, 6.45) is 1.57. The molecule has 0 saturated heterocycles. The Morgan fingerprint density at radius 2 is 1.75 bits per heavy atom. The van der Waals surface area contributed by atoms with Crippen molar-refractivity contribution in [2.45, 2.75) is 12.8 Å². The maximum Gasteiger partial charge on any atom is 0.227 e. The van der Waals surface area contributed by atoms with Gasteiger partial charge in [0, 0.05) is 6.42 Å². The van der Waals surface area contributed by atoms with Crippen LogP contribution < -0.4 is 5.73 Å². The minimum Gasteiger partial charge on any atom is -0.368 e. The predicted molar refractivity (Wildman–Crippen MR) is 63.1 cm³/mol. The molecule has 5 heteroatoms. The molecule has 0 unspecified atom stereocenters. The zero-order chi connectivity index (χ0) is 11.4. The van der Waals surface area contributed by atoms with Crippen molar-refractivity contribution in [3.05, 3.63) is 47.0 Å². The second-order valence-corrected chi connectivity index (χ2v) is 3.70. The summed E-state index contributed by atoms with van der Waals surface area (Å²) >= 11 is 5.69. The Hall–Kier alpha value is -1.68. The summed E-state index contributed by atoms with van der Waals surface area (Å²) < 4.78 is 0. The average Bonchev–Trinajstić information content (AvgIpc) is 2.27. The van der Waals surface area contributed by atoms with Gasteiger partial charge in [-0.05, 0) is 23.6 Å². The van der Waals surface area contributed by atoms with Gasteiger partial charge in [-0.2, -0.15) is 9.97 Å². The third kappa shape index (κ3) is 2.90. The number of hydrogen-bond acceptors (Lipinski definition) is 4. The second-order valence-electron chi connectivity index (χ2n) is 3.36. The van der Waals surface area contributed by atoms with Crippen molar-refractivity contribution in [2.75, 3.05) is 5.73 Å². The Balaban J connectivity index is 2.05. The van der Waals surface area contributed by atoms with Crippen molar-refractivity contribution < 1.29 is 0 Å². The van der Waals surface area contributed by atoms with Gasteiger partial charge in [-0.15, -0.1) is 0 Å². The average molecular weight is 235 g/mol. The van der Waals surface area contributed by atoms with Crippen LogP contribution in [-0.2, 0) is 12.8 Å². The standard InChI is InChI=1S/C11H11ClN4/c12-10-14-9(15-11(13)16-10)7-6-8-4-2-1-3-5-8/h1-5H,6-7H2,(H2,13,14,15,16). The molecule has 0 aliphatic rings. The van der Waals surface area contributed by atoms with E-state index < -0.39 is 0 Å². The van der Waals surface area contributed by atoms with Gasteiger partial charge < -0.3 is 5.73 Å². The summed E-state index contributed by atoms with van der Waals surface area (Å²) in [5.74, 6) is 0.796. The minimum atomic E-state index is 0.149. The number of nitrogens with zero attached hydrogens (tertiary/aromatic N) is 3. The first kappa shape index (κ1) is 10.8. The molecule has 0 radical (unpaired) electrons. The van der Waals surface area contributed by atoms with Gasteiger partial charge >= 0.3 is 0 Å². The summed E-state index contributed by atoms with van der Waals surface area (Å²) in [4.78, 5) is 11.7. The lowest BCUT2D eigenvalue weighted by molar-refractivity contribution is 0.842. The van der Waals surface area contributed by atoms with E-state index in [2.05, 4.69) is 27.1 Å². The zero-order valence-electron chi connectivity index (χ0n) is 8.60. The molecule has 0 fully saturated rings. The highest BCUT2D eigenvalue weighted by Gasteiger charge is 2.02. The molecule has 0 aliphatic heterocycles. The third-order valence-electron chi connectivity index (χ3n) is 2.15. The van der Waals surface area contributed by atoms with E-state index in [-0.39, 0.29) is 11.2 Å². The molecule has 1 heterocycles. The monoisotopic (exact) mass is 234 g/mol. The highest BCUT2D eigenvalue weighted by Crippen LogP contribution is 2.07. The third-order valence-corrected chi connectivity index (χ3v) is 2.32. The van der Waals surface area contributed by atoms with E-state index in [4.69, 9.17) is 17.3 Å². The number of rotatable bonds is 3. The van der Waals surface area contributed by atoms with Gasteiger partial charge in [-0.1, -0.05) is 30.3 Å². The molecule has 0 spiro atoms. The predicted octanol–water partition coefficient (Wildman–Crippen LogP) is 1.89. The van der Waals surface area contributed by atoms with E-state index in [0.29, 0.717) is 12.2 Å². The van der Waals surface area contributed by atoms with Gasteiger partial charge in [0.25, 0.3) is 0 Å². The fraction of sp³-hybridized carbons (Fsp3) is 0.182. The summed E-state index contributed by atoms with van der Waals surface area (Å²) in [5, 5.41) is 0.149. The number of benzene rings is 1. The lowest BCUT2D eigenvalue weighted by atomic mass is 10.1. The quantitative estimate of drug-likeness (QED) is 0.881. The van der Waals surface area contributed by atoms with Crippen LogP contribution in [0.5, 0.6) is 0 Å². The molecule has 82 valence electrons. The largest absolute Gasteiger partial charge is 0.368 e. The van der Waals surface area contributed by atoms with Crippen LogP contribution in [-0.4, -0.2) is 15.0 Å². The molecule has 0 amide bonds. The smallest absolute Gasteiger partial charge is 0.227 e. The molecular formula is C11H11ClN4. The number of nitrogens with two attached hydrogens (primary N) is 1. The molecule has 0 saturated carbocycles. The highest BCUT2D eigenvalue weighted by atomic mass is 35.5. The van der Waals surface area contributed by atoms with Gasteiger partial charge in [0.1, 0.15) is 5.82 Å². The fourth-order valence-corrected chi connectivity index (χ4v) is 1.61. The van der Waals surface area contributed by atoms with Crippen LogP contribution in [0.2, 0.25) is 5.28 Å². The minimum absolute atomic E-state index is 0.149. The topological polar surface area (TPSA) is 64.7 Å². The zero-order valence-corrected chi connectivity index (χ0v) is 9.35.